The molecule has 2 heterocycles. The van der Waals surface area contributed by atoms with Gasteiger partial charge in [-0.25, -0.2) is 4.79 Å². The summed E-state index contributed by atoms with van der Waals surface area (Å²) in [6, 6.07) is 11.0. The zero-order valence-corrected chi connectivity index (χ0v) is 19.8. The van der Waals surface area contributed by atoms with Crippen molar-refractivity contribution < 1.29 is 14.3 Å². The van der Waals surface area contributed by atoms with Gasteiger partial charge in [0.15, 0.2) is 11.5 Å². The number of urea groups is 1. The molecule has 0 saturated carbocycles. The number of fused-ring (bicyclic) bond motifs is 2. The molecule has 0 bridgehead atoms. The molecule has 0 saturated heterocycles. The quantitative estimate of drug-likeness (QED) is 0.606. The molecule has 33 heavy (non-hydrogen) atoms. The standard InChI is InChI=1S/C26H31N3O4/c1-16(2)14-28-15-22(19-8-6-7-9-20(19)25(28)30)27-26(31)29-11-10-18-12-23(32-4)24(33-5)13-21(18)17(29)3/h6-9,12-13,15-17H,10-11,14H2,1-5H3,(H,27,31). The monoisotopic (exact) mass is 449 g/mol. The maximum Gasteiger partial charge on any atom is 0.322 e. The van der Waals surface area contributed by atoms with Crippen molar-refractivity contribution in [3.05, 3.63) is 64.1 Å². The summed E-state index contributed by atoms with van der Waals surface area (Å²) in [6.07, 6.45) is 2.49. The maximum atomic E-state index is 13.4. The first kappa shape index (κ1) is 22.7. The summed E-state index contributed by atoms with van der Waals surface area (Å²) in [5, 5.41) is 4.42. The summed E-state index contributed by atoms with van der Waals surface area (Å²) < 4.78 is 12.6. The molecule has 0 spiro atoms. The molecule has 3 aromatic rings. The van der Waals surface area contributed by atoms with Gasteiger partial charge in [0.2, 0.25) is 0 Å². The van der Waals surface area contributed by atoms with Crippen molar-refractivity contribution in [1.29, 1.82) is 0 Å². The fourth-order valence-corrected chi connectivity index (χ4v) is 4.58. The zero-order valence-electron chi connectivity index (χ0n) is 19.8. The van der Waals surface area contributed by atoms with Gasteiger partial charge in [-0.1, -0.05) is 32.0 Å². The molecule has 2 amide bonds. The first-order chi connectivity index (χ1) is 15.8. The van der Waals surface area contributed by atoms with E-state index in [2.05, 4.69) is 19.2 Å². The Balaban J connectivity index is 1.67. The Kier molecular flexibility index (Phi) is 6.31. The number of pyridine rings is 1. The summed E-state index contributed by atoms with van der Waals surface area (Å²) in [7, 11) is 3.23. The molecular weight excluding hydrogens is 418 g/mol. The van der Waals surface area contributed by atoms with E-state index in [1.807, 2.05) is 48.2 Å². The number of hydrogen-bond acceptors (Lipinski definition) is 4. The average Bonchev–Trinajstić information content (AvgIpc) is 2.81. The highest BCUT2D eigenvalue weighted by Crippen LogP contribution is 2.38. The normalized spacial score (nSPS) is 15.5. The van der Waals surface area contributed by atoms with E-state index in [1.165, 1.54) is 0 Å². The van der Waals surface area contributed by atoms with Gasteiger partial charge >= 0.3 is 6.03 Å². The molecule has 0 radical (unpaired) electrons. The van der Waals surface area contributed by atoms with Gasteiger partial charge in [-0.05, 0) is 48.6 Å². The molecule has 1 aliphatic heterocycles. The van der Waals surface area contributed by atoms with Gasteiger partial charge in [0.1, 0.15) is 0 Å². The summed E-state index contributed by atoms with van der Waals surface area (Å²) in [6.45, 7) is 7.31. The van der Waals surface area contributed by atoms with Gasteiger partial charge in [-0.3, -0.25) is 4.79 Å². The Morgan fingerprint density at radius 2 is 1.79 bits per heavy atom. The van der Waals surface area contributed by atoms with Crippen LogP contribution in [0.4, 0.5) is 10.5 Å². The Morgan fingerprint density at radius 3 is 2.45 bits per heavy atom. The lowest BCUT2D eigenvalue weighted by Gasteiger charge is -2.35. The van der Waals surface area contributed by atoms with Crippen LogP contribution in [-0.2, 0) is 13.0 Å². The van der Waals surface area contributed by atoms with Crippen LogP contribution in [-0.4, -0.2) is 36.3 Å². The molecule has 174 valence electrons. The second kappa shape index (κ2) is 9.17. The van der Waals surface area contributed by atoms with Crippen LogP contribution in [0.1, 0.15) is 37.9 Å². The molecule has 1 unspecified atom stereocenters. The molecule has 1 aliphatic rings. The lowest BCUT2D eigenvalue weighted by Crippen LogP contribution is -2.41. The third-order valence-electron chi connectivity index (χ3n) is 6.24. The van der Waals surface area contributed by atoms with Crippen LogP contribution in [0.25, 0.3) is 10.8 Å². The molecule has 2 aromatic carbocycles. The molecule has 4 rings (SSSR count). The number of aromatic nitrogens is 1. The third kappa shape index (κ3) is 4.27. The SMILES string of the molecule is COc1cc2c(cc1OC)C(C)N(C(=O)Nc1cn(CC(C)C)c(=O)c3ccccc13)CC2. The molecular formula is C26H31N3O4. The highest BCUT2D eigenvalue weighted by Gasteiger charge is 2.29. The molecule has 7 nitrogen and oxygen atoms in total. The lowest BCUT2D eigenvalue weighted by atomic mass is 9.93. The minimum Gasteiger partial charge on any atom is -0.493 e. The molecule has 1 aromatic heterocycles. The maximum absolute atomic E-state index is 13.4. The van der Waals surface area contributed by atoms with Crippen molar-refractivity contribution in [3.8, 4) is 11.5 Å². The molecule has 1 N–H and O–H groups in total. The van der Waals surface area contributed by atoms with Crippen molar-refractivity contribution >= 4 is 22.5 Å². The number of benzene rings is 2. The number of hydrogen-bond donors (Lipinski definition) is 1. The van der Waals surface area contributed by atoms with Gasteiger partial charge in [0.05, 0.1) is 25.9 Å². The van der Waals surface area contributed by atoms with E-state index in [9.17, 15) is 9.59 Å². The summed E-state index contributed by atoms with van der Waals surface area (Å²) >= 11 is 0. The van der Waals surface area contributed by atoms with Gasteiger partial charge in [0, 0.05) is 30.1 Å². The lowest BCUT2D eigenvalue weighted by molar-refractivity contribution is 0.188. The second-order valence-electron chi connectivity index (χ2n) is 8.90. The van der Waals surface area contributed by atoms with E-state index in [0.29, 0.717) is 41.6 Å². The van der Waals surface area contributed by atoms with E-state index in [4.69, 9.17) is 9.47 Å². The van der Waals surface area contributed by atoms with E-state index >= 15 is 0 Å². The number of carbonyl (C=O) groups is 1. The van der Waals surface area contributed by atoms with Crippen LogP contribution < -0.4 is 20.3 Å². The van der Waals surface area contributed by atoms with E-state index in [0.717, 1.165) is 22.9 Å². The Morgan fingerprint density at radius 1 is 1.12 bits per heavy atom. The van der Waals surface area contributed by atoms with Crippen LogP contribution in [0.5, 0.6) is 11.5 Å². The first-order valence-electron chi connectivity index (χ1n) is 11.3. The molecule has 1 atom stereocenters. The fourth-order valence-electron chi connectivity index (χ4n) is 4.58. The van der Waals surface area contributed by atoms with Gasteiger partial charge < -0.3 is 24.3 Å². The van der Waals surface area contributed by atoms with Crippen LogP contribution in [0.3, 0.4) is 0 Å². The van der Waals surface area contributed by atoms with Crippen LogP contribution in [0.2, 0.25) is 0 Å². The average molecular weight is 450 g/mol. The topological polar surface area (TPSA) is 72.8 Å². The Labute approximate surface area is 193 Å². The van der Waals surface area contributed by atoms with Crippen LogP contribution >= 0.6 is 0 Å². The van der Waals surface area contributed by atoms with E-state index in [1.54, 1.807) is 25.0 Å². The van der Waals surface area contributed by atoms with Crippen molar-refractivity contribution in [2.45, 2.75) is 39.8 Å². The van der Waals surface area contributed by atoms with Crippen LogP contribution in [0.15, 0.2) is 47.4 Å². The number of ether oxygens (including phenoxy) is 2. The summed E-state index contributed by atoms with van der Waals surface area (Å²) in [4.78, 5) is 28.1. The number of nitrogens with zero attached hydrogens (tertiary/aromatic N) is 2. The number of anilines is 1. The van der Waals surface area contributed by atoms with Gasteiger partial charge in [0.25, 0.3) is 5.56 Å². The molecule has 7 heteroatoms. The highest BCUT2D eigenvalue weighted by molar-refractivity contribution is 6.01. The van der Waals surface area contributed by atoms with E-state index in [-0.39, 0.29) is 17.6 Å². The number of amides is 2. The van der Waals surface area contributed by atoms with E-state index < -0.39 is 0 Å². The summed E-state index contributed by atoms with van der Waals surface area (Å²) in [5.74, 6) is 1.65. The van der Waals surface area contributed by atoms with Gasteiger partial charge in [-0.15, -0.1) is 0 Å². The van der Waals surface area contributed by atoms with Crippen molar-refractivity contribution in [2.75, 3.05) is 26.1 Å². The minimum atomic E-state index is -0.192. The zero-order chi connectivity index (χ0) is 23.7. The predicted molar refractivity (Wildman–Crippen MR) is 130 cm³/mol. The van der Waals surface area contributed by atoms with Gasteiger partial charge in [-0.2, -0.15) is 0 Å². The second-order valence-corrected chi connectivity index (χ2v) is 8.90. The number of carbonyl (C=O) groups excluding carboxylic acids is 1. The minimum absolute atomic E-state index is 0.0430. The third-order valence-corrected chi connectivity index (χ3v) is 6.24. The number of rotatable bonds is 5. The Bertz CT molecular complexity index is 1250. The van der Waals surface area contributed by atoms with Crippen molar-refractivity contribution in [3.63, 3.8) is 0 Å². The predicted octanol–water partition coefficient (Wildman–Crippen LogP) is 4.83. The van der Waals surface area contributed by atoms with Crippen LogP contribution in [0, 0.1) is 5.92 Å². The molecule has 0 aliphatic carbocycles. The highest BCUT2D eigenvalue weighted by atomic mass is 16.5. The first-order valence-corrected chi connectivity index (χ1v) is 11.3. The van der Waals surface area contributed by atoms with Crippen molar-refractivity contribution in [1.82, 2.24) is 9.47 Å². The molecule has 0 fully saturated rings. The Hall–Kier alpha value is -3.48. The number of nitrogens with one attached hydrogen (secondary N) is 1. The number of methoxy groups -OCH3 is 2. The van der Waals surface area contributed by atoms with Crippen molar-refractivity contribution in [2.24, 2.45) is 5.92 Å². The largest absolute Gasteiger partial charge is 0.493 e. The smallest absolute Gasteiger partial charge is 0.322 e. The summed E-state index contributed by atoms with van der Waals surface area (Å²) in [5.41, 5.74) is 2.79. The fraction of sp³-hybridized carbons (Fsp3) is 0.385.